The van der Waals surface area contributed by atoms with Gasteiger partial charge in [0.25, 0.3) is 0 Å². The predicted molar refractivity (Wildman–Crippen MR) is 84.3 cm³/mol. The maximum Gasteiger partial charge on any atom is 0.235 e. The van der Waals surface area contributed by atoms with Gasteiger partial charge in [0.2, 0.25) is 5.43 Å². The number of halogens is 1. The highest BCUT2D eigenvalue weighted by atomic mass is 19.1. The van der Waals surface area contributed by atoms with Gasteiger partial charge in [0.15, 0.2) is 5.75 Å². The summed E-state index contributed by atoms with van der Waals surface area (Å²) in [4.78, 5) is 15.4. The van der Waals surface area contributed by atoms with Crippen molar-refractivity contribution in [2.75, 3.05) is 7.11 Å². The molecule has 23 heavy (non-hydrogen) atoms. The first-order chi connectivity index (χ1) is 11.0. The van der Waals surface area contributed by atoms with Gasteiger partial charge in [-0.1, -0.05) is 6.92 Å². The molecular formula is C16H16FN3O3. The lowest BCUT2D eigenvalue weighted by Crippen LogP contribution is -2.07. The summed E-state index contributed by atoms with van der Waals surface area (Å²) in [5.74, 6) is -0.778. The Kier molecular flexibility index (Phi) is 3.55. The Hall–Kier alpha value is -2.83. The second-order valence-electron chi connectivity index (χ2n) is 5.17. The van der Waals surface area contributed by atoms with E-state index >= 15 is 0 Å². The summed E-state index contributed by atoms with van der Waals surface area (Å²) in [6.45, 7) is 1.87. The van der Waals surface area contributed by atoms with Gasteiger partial charge in [-0.15, -0.1) is 0 Å². The number of methoxy groups -OCH3 is 1. The summed E-state index contributed by atoms with van der Waals surface area (Å²) in [6.07, 6.45) is 0.552. The van der Waals surface area contributed by atoms with Gasteiger partial charge in [-0.05, 0) is 18.6 Å². The Morgan fingerprint density at radius 3 is 2.78 bits per heavy atom. The van der Waals surface area contributed by atoms with Gasteiger partial charge in [0.1, 0.15) is 17.2 Å². The number of aromatic nitrogens is 3. The number of H-pyrrole nitrogens is 1. The maximum absolute atomic E-state index is 14.3. The van der Waals surface area contributed by atoms with Crippen LogP contribution in [-0.4, -0.2) is 27.0 Å². The van der Waals surface area contributed by atoms with Crippen molar-refractivity contribution in [2.45, 2.75) is 13.3 Å². The van der Waals surface area contributed by atoms with E-state index in [1.807, 2.05) is 6.92 Å². The molecule has 0 aliphatic heterocycles. The Bertz CT molecular complexity index is 959. The van der Waals surface area contributed by atoms with Crippen molar-refractivity contribution in [1.82, 2.24) is 14.8 Å². The van der Waals surface area contributed by atoms with E-state index in [4.69, 9.17) is 4.74 Å². The van der Waals surface area contributed by atoms with E-state index in [2.05, 4.69) is 10.1 Å². The van der Waals surface area contributed by atoms with Crippen LogP contribution in [0.3, 0.4) is 0 Å². The molecule has 7 heteroatoms. The van der Waals surface area contributed by atoms with Crippen molar-refractivity contribution in [2.24, 2.45) is 7.05 Å². The standard InChI is InChI=1S/C16H16FN3O3/c1-4-11-12-14(21)15(22)13(18-16(12)20(2)19-11)9-6-5-8(23-3)7-10(9)17/h5-7,22H,4H2,1-3H3,(H,18,21). The van der Waals surface area contributed by atoms with Crippen LogP contribution in [0.5, 0.6) is 11.5 Å². The van der Waals surface area contributed by atoms with Crippen LogP contribution >= 0.6 is 0 Å². The monoisotopic (exact) mass is 317 g/mol. The van der Waals surface area contributed by atoms with Gasteiger partial charge >= 0.3 is 0 Å². The Morgan fingerprint density at radius 1 is 1.43 bits per heavy atom. The number of pyridine rings is 1. The topological polar surface area (TPSA) is 80.1 Å². The number of nitrogens with one attached hydrogen (secondary N) is 1. The van der Waals surface area contributed by atoms with E-state index < -0.39 is 17.0 Å². The van der Waals surface area contributed by atoms with Crippen LogP contribution < -0.4 is 10.2 Å². The summed E-state index contributed by atoms with van der Waals surface area (Å²) < 4.78 is 20.7. The molecule has 120 valence electrons. The summed E-state index contributed by atoms with van der Waals surface area (Å²) in [6, 6.07) is 4.20. The first-order valence-corrected chi connectivity index (χ1v) is 7.12. The number of hydrogen-bond donors (Lipinski definition) is 2. The highest BCUT2D eigenvalue weighted by Gasteiger charge is 2.20. The van der Waals surface area contributed by atoms with Gasteiger partial charge in [-0.2, -0.15) is 5.10 Å². The molecular weight excluding hydrogens is 301 g/mol. The summed E-state index contributed by atoms with van der Waals surface area (Å²) >= 11 is 0. The third-order valence-corrected chi connectivity index (χ3v) is 3.82. The van der Waals surface area contributed by atoms with Crippen LogP contribution in [-0.2, 0) is 13.5 Å². The van der Waals surface area contributed by atoms with E-state index in [0.29, 0.717) is 28.9 Å². The molecule has 2 aromatic heterocycles. The average molecular weight is 317 g/mol. The molecule has 0 saturated heterocycles. The number of aromatic amines is 1. The van der Waals surface area contributed by atoms with Gasteiger partial charge in [0.05, 0.1) is 23.9 Å². The normalized spacial score (nSPS) is 11.1. The average Bonchev–Trinajstić information content (AvgIpc) is 2.87. The number of aromatic hydroxyl groups is 1. The van der Waals surface area contributed by atoms with Crippen LogP contribution in [0.15, 0.2) is 23.0 Å². The molecule has 0 fully saturated rings. The number of fused-ring (bicyclic) bond motifs is 1. The number of hydrogen-bond acceptors (Lipinski definition) is 4. The molecule has 1 aromatic carbocycles. The SMILES string of the molecule is CCc1nn(C)c2[nH]c(-c3ccc(OC)cc3F)c(O)c(=O)c12. The Labute approximate surface area is 131 Å². The highest BCUT2D eigenvalue weighted by molar-refractivity contribution is 5.84. The third kappa shape index (κ3) is 2.25. The van der Waals surface area contributed by atoms with Crippen molar-refractivity contribution in [3.63, 3.8) is 0 Å². The lowest BCUT2D eigenvalue weighted by atomic mass is 10.1. The van der Waals surface area contributed by atoms with Crippen molar-refractivity contribution in [3.05, 3.63) is 39.9 Å². The molecule has 0 aliphatic rings. The summed E-state index contributed by atoms with van der Waals surface area (Å²) in [5.41, 5.74) is 0.569. The van der Waals surface area contributed by atoms with Gasteiger partial charge in [-0.25, -0.2) is 4.39 Å². The smallest absolute Gasteiger partial charge is 0.235 e. The molecule has 0 saturated carbocycles. The van der Waals surface area contributed by atoms with E-state index in [0.717, 1.165) is 0 Å². The predicted octanol–water partition coefficient (Wildman–Crippen LogP) is 2.34. The van der Waals surface area contributed by atoms with Gasteiger partial charge in [0, 0.05) is 18.7 Å². The van der Waals surface area contributed by atoms with Crippen LogP contribution in [0.25, 0.3) is 22.3 Å². The lowest BCUT2D eigenvalue weighted by molar-refractivity contribution is 0.411. The van der Waals surface area contributed by atoms with E-state index in [-0.39, 0.29) is 11.3 Å². The minimum atomic E-state index is -0.604. The number of aryl methyl sites for hydroxylation is 2. The number of ether oxygens (including phenoxy) is 1. The van der Waals surface area contributed by atoms with Crippen molar-refractivity contribution in [1.29, 1.82) is 0 Å². The molecule has 3 rings (SSSR count). The zero-order valence-electron chi connectivity index (χ0n) is 13.0. The Morgan fingerprint density at radius 2 is 2.17 bits per heavy atom. The molecule has 0 spiro atoms. The van der Waals surface area contributed by atoms with Crippen LogP contribution in [0.1, 0.15) is 12.6 Å². The van der Waals surface area contributed by atoms with E-state index in [1.54, 1.807) is 13.1 Å². The second kappa shape index (κ2) is 5.42. The first kappa shape index (κ1) is 15.1. The summed E-state index contributed by atoms with van der Waals surface area (Å²) in [5, 5.41) is 14.8. The molecule has 6 nitrogen and oxygen atoms in total. The lowest BCUT2D eigenvalue weighted by Gasteiger charge is -2.09. The van der Waals surface area contributed by atoms with Crippen LogP contribution in [0.2, 0.25) is 0 Å². The van der Waals surface area contributed by atoms with Gasteiger partial charge < -0.3 is 14.8 Å². The fraction of sp³-hybridized carbons (Fsp3) is 0.250. The van der Waals surface area contributed by atoms with E-state index in [9.17, 15) is 14.3 Å². The quantitative estimate of drug-likeness (QED) is 0.777. The molecule has 2 heterocycles. The molecule has 3 aromatic rings. The van der Waals surface area contributed by atoms with Gasteiger partial charge in [-0.3, -0.25) is 9.48 Å². The van der Waals surface area contributed by atoms with Crippen LogP contribution in [0.4, 0.5) is 4.39 Å². The summed E-state index contributed by atoms with van der Waals surface area (Å²) in [7, 11) is 3.12. The number of benzene rings is 1. The molecule has 0 atom stereocenters. The first-order valence-electron chi connectivity index (χ1n) is 7.12. The molecule has 0 unspecified atom stereocenters. The highest BCUT2D eigenvalue weighted by Crippen LogP contribution is 2.31. The number of rotatable bonds is 3. The van der Waals surface area contributed by atoms with E-state index in [1.165, 1.54) is 23.9 Å². The minimum absolute atomic E-state index is 0.0216. The van der Waals surface area contributed by atoms with Crippen molar-refractivity contribution >= 4 is 11.0 Å². The second-order valence-corrected chi connectivity index (χ2v) is 5.17. The fourth-order valence-corrected chi connectivity index (χ4v) is 2.64. The van der Waals surface area contributed by atoms with Crippen molar-refractivity contribution < 1.29 is 14.2 Å². The molecule has 0 bridgehead atoms. The zero-order valence-corrected chi connectivity index (χ0v) is 13.0. The Balaban J connectivity index is 2.33. The fourth-order valence-electron chi connectivity index (χ4n) is 2.64. The molecule has 2 N–H and O–H groups in total. The third-order valence-electron chi connectivity index (χ3n) is 3.82. The maximum atomic E-state index is 14.3. The van der Waals surface area contributed by atoms with Crippen molar-refractivity contribution in [3.8, 4) is 22.8 Å². The van der Waals surface area contributed by atoms with Crippen LogP contribution in [0, 0.1) is 5.82 Å². The largest absolute Gasteiger partial charge is 0.503 e. The molecule has 0 amide bonds. The number of nitrogens with zero attached hydrogens (tertiary/aromatic N) is 2. The molecule has 0 aliphatic carbocycles. The minimum Gasteiger partial charge on any atom is -0.503 e. The molecule has 0 radical (unpaired) electrons. The zero-order chi connectivity index (χ0) is 16.7.